The van der Waals surface area contributed by atoms with Gasteiger partial charge in [0.2, 0.25) is 0 Å². The molecule has 1 aromatic carbocycles. The number of nitrogens with one attached hydrogen (secondary N) is 1. The van der Waals surface area contributed by atoms with Gasteiger partial charge in [-0.2, -0.15) is 13.2 Å². The van der Waals surface area contributed by atoms with Crippen molar-refractivity contribution >= 4 is 22.5 Å². The molecule has 19 heavy (non-hydrogen) atoms. The molecule has 1 aromatic heterocycles. The van der Waals surface area contributed by atoms with E-state index >= 15 is 0 Å². The van der Waals surface area contributed by atoms with Crippen molar-refractivity contribution in [2.75, 3.05) is 6.54 Å². The van der Waals surface area contributed by atoms with Crippen molar-refractivity contribution in [2.24, 2.45) is 0 Å². The highest BCUT2D eigenvalue weighted by Crippen LogP contribution is 2.28. The molecule has 104 valence electrons. The molecule has 0 saturated carbocycles. The molecule has 2 nitrogen and oxygen atoms in total. The van der Waals surface area contributed by atoms with E-state index in [0.717, 1.165) is 17.5 Å². The van der Waals surface area contributed by atoms with Crippen LogP contribution in [0.15, 0.2) is 24.4 Å². The number of rotatable bonds is 4. The number of aromatic nitrogens is 1. The van der Waals surface area contributed by atoms with Gasteiger partial charge < -0.3 is 9.88 Å². The highest BCUT2D eigenvalue weighted by molar-refractivity contribution is 6.31. The SMILES string of the molecule is CCNCc1cn(CC(F)(F)F)c2cc(Cl)ccc12. The largest absolute Gasteiger partial charge is 0.406 e. The molecule has 2 aromatic rings. The van der Waals surface area contributed by atoms with Gasteiger partial charge in [-0.05, 0) is 24.2 Å². The van der Waals surface area contributed by atoms with E-state index in [1.165, 1.54) is 10.8 Å². The summed E-state index contributed by atoms with van der Waals surface area (Å²) in [4.78, 5) is 0. The Kier molecular flexibility index (Phi) is 4.06. The minimum atomic E-state index is -4.25. The smallest absolute Gasteiger partial charge is 0.338 e. The maximum absolute atomic E-state index is 12.6. The molecule has 1 N–H and O–H groups in total. The second kappa shape index (κ2) is 5.43. The lowest BCUT2D eigenvalue weighted by molar-refractivity contribution is -0.139. The summed E-state index contributed by atoms with van der Waals surface area (Å²) in [6, 6.07) is 5.02. The van der Waals surface area contributed by atoms with E-state index in [4.69, 9.17) is 11.6 Å². The Morgan fingerprint density at radius 1 is 1.32 bits per heavy atom. The average molecular weight is 291 g/mol. The normalized spacial score (nSPS) is 12.3. The molecule has 0 aliphatic heterocycles. The second-order valence-corrected chi connectivity index (χ2v) is 4.78. The van der Waals surface area contributed by atoms with Gasteiger partial charge in [0.05, 0.1) is 5.52 Å². The second-order valence-electron chi connectivity index (χ2n) is 4.34. The molecule has 0 amide bonds. The molecule has 2 rings (SSSR count). The zero-order valence-corrected chi connectivity index (χ0v) is 11.1. The van der Waals surface area contributed by atoms with Crippen LogP contribution in [0.3, 0.4) is 0 Å². The number of benzene rings is 1. The molecule has 0 unspecified atom stereocenters. The Morgan fingerprint density at radius 3 is 2.68 bits per heavy atom. The van der Waals surface area contributed by atoms with Gasteiger partial charge in [0.15, 0.2) is 0 Å². The van der Waals surface area contributed by atoms with Gasteiger partial charge in [-0.1, -0.05) is 24.6 Å². The van der Waals surface area contributed by atoms with E-state index in [2.05, 4.69) is 5.32 Å². The highest BCUT2D eigenvalue weighted by atomic mass is 35.5. The summed E-state index contributed by atoms with van der Waals surface area (Å²) < 4.78 is 38.9. The number of alkyl halides is 3. The molecule has 0 fully saturated rings. The van der Waals surface area contributed by atoms with E-state index in [0.29, 0.717) is 17.1 Å². The Morgan fingerprint density at radius 2 is 2.05 bits per heavy atom. The Hall–Kier alpha value is -1.20. The van der Waals surface area contributed by atoms with Crippen molar-refractivity contribution in [3.8, 4) is 0 Å². The molecule has 1 heterocycles. The number of fused-ring (bicyclic) bond motifs is 1. The topological polar surface area (TPSA) is 17.0 Å². The van der Waals surface area contributed by atoms with Crippen LogP contribution in [0.1, 0.15) is 12.5 Å². The number of hydrogen-bond donors (Lipinski definition) is 1. The fourth-order valence-electron chi connectivity index (χ4n) is 2.07. The van der Waals surface area contributed by atoms with Crippen LogP contribution in [0.4, 0.5) is 13.2 Å². The maximum Gasteiger partial charge on any atom is 0.406 e. The average Bonchev–Trinajstić information content (AvgIpc) is 2.62. The molecule has 0 radical (unpaired) electrons. The summed E-state index contributed by atoms with van der Waals surface area (Å²) in [5.41, 5.74) is 1.36. The van der Waals surface area contributed by atoms with Crippen molar-refractivity contribution in [1.82, 2.24) is 9.88 Å². The Labute approximate surface area is 114 Å². The molecule has 0 atom stereocenters. The third-order valence-electron chi connectivity index (χ3n) is 2.84. The molecule has 0 saturated heterocycles. The lowest BCUT2D eigenvalue weighted by Crippen LogP contribution is -2.17. The van der Waals surface area contributed by atoms with Crippen LogP contribution >= 0.6 is 11.6 Å². The van der Waals surface area contributed by atoms with Crippen LogP contribution in [-0.2, 0) is 13.1 Å². The van der Waals surface area contributed by atoms with Crippen molar-refractivity contribution in [3.63, 3.8) is 0 Å². The predicted molar refractivity (Wildman–Crippen MR) is 70.4 cm³/mol. The van der Waals surface area contributed by atoms with Crippen LogP contribution in [0.5, 0.6) is 0 Å². The summed E-state index contributed by atoms with van der Waals surface area (Å²) in [5, 5.41) is 4.35. The van der Waals surface area contributed by atoms with E-state index in [1.54, 1.807) is 18.2 Å². The van der Waals surface area contributed by atoms with E-state index in [9.17, 15) is 13.2 Å². The summed E-state index contributed by atoms with van der Waals surface area (Å²) in [6.07, 6.45) is -2.71. The fraction of sp³-hybridized carbons (Fsp3) is 0.385. The van der Waals surface area contributed by atoms with Crippen molar-refractivity contribution in [2.45, 2.75) is 26.2 Å². The van der Waals surface area contributed by atoms with Gasteiger partial charge in [-0.3, -0.25) is 0 Å². The third-order valence-corrected chi connectivity index (χ3v) is 3.08. The van der Waals surface area contributed by atoms with Crippen LogP contribution in [0.2, 0.25) is 5.02 Å². The van der Waals surface area contributed by atoms with Gasteiger partial charge in [-0.15, -0.1) is 0 Å². The van der Waals surface area contributed by atoms with E-state index in [-0.39, 0.29) is 0 Å². The van der Waals surface area contributed by atoms with Gasteiger partial charge in [0.25, 0.3) is 0 Å². The first-order valence-corrected chi connectivity index (χ1v) is 6.33. The predicted octanol–water partition coefficient (Wildman–Crippen LogP) is 3.97. The zero-order chi connectivity index (χ0) is 14.0. The van der Waals surface area contributed by atoms with E-state index < -0.39 is 12.7 Å². The third kappa shape index (κ3) is 3.42. The lowest BCUT2D eigenvalue weighted by atomic mass is 10.2. The summed E-state index contributed by atoms with van der Waals surface area (Å²) >= 11 is 5.87. The number of halogens is 4. The standard InChI is InChI=1S/C13H14ClF3N2/c1-2-18-6-9-7-19(8-13(15,16)17)12-5-10(14)3-4-11(9)12/h3-5,7,18H,2,6,8H2,1H3. The fourth-order valence-corrected chi connectivity index (χ4v) is 2.23. The van der Waals surface area contributed by atoms with Crippen LogP contribution in [0.25, 0.3) is 10.9 Å². The minimum Gasteiger partial charge on any atom is -0.338 e. The Balaban J connectivity index is 2.47. The quantitative estimate of drug-likeness (QED) is 0.902. The van der Waals surface area contributed by atoms with Gasteiger partial charge in [0.1, 0.15) is 6.54 Å². The minimum absolute atomic E-state index is 0.434. The molecular weight excluding hydrogens is 277 g/mol. The lowest BCUT2D eigenvalue weighted by Gasteiger charge is -2.08. The molecule has 0 spiro atoms. The number of nitrogens with zero attached hydrogens (tertiary/aromatic N) is 1. The molecular formula is C13H14ClF3N2. The molecule has 0 aliphatic rings. The van der Waals surface area contributed by atoms with Crippen molar-refractivity contribution < 1.29 is 13.2 Å². The first kappa shape index (κ1) is 14.2. The molecule has 0 aliphatic carbocycles. The summed E-state index contributed by atoms with van der Waals surface area (Å²) in [5.74, 6) is 0. The summed E-state index contributed by atoms with van der Waals surface area (Å²) in [7, 11) is 0. The first-order chi connectivity index (χ1) is 8.90. The monoisotopic (exact) mass is 290 g/mol. The van der Waals surface area contributed by atoms with Crippen LogP contribution in [0, 0.1) is 0 Å². The molecule has 0 bridgehead atoms. The van der Waals surface area contributed by atoms with Gasteiger partial charge in [0, 0.05) is 23.2 Å². The molecule has 6 heteroatoms. The summed E-state index contributed by atoms with van der Waals surface area (Å²) in [6.45, 7) is 2.25. The van der Waals surface area contributed by atoms with Gasteiger partial charge in [-0.25, -0.2) is 0 Å². The highest BCUT2D eigenvalue weighted by Gasteiger charge is 2.28. The zero-order valence-electron chi connectivity index (χ0n) is 10.4. The van der Waals surface area contributed by atoms with Crippen molar-refractivity contribution in [1.29, 1.82) is 0 Å². The first-order valence-electron chi connectivity index (χ1n) is 5.95. The van der Waals surface area contributed by atoms with Crippen LogP contribution in [-0.4, -0.2) is 17.3 Å². The maximum atomic E-state index is 12.6. The van der Waals surface area contributed by atoms with Crippen LogP contribution < -0.4 is 5.32 Å². The number of hydrogen-bond acceptors (Lipinski definition) is 1. The Bertz CT molecular complexity index is 575. The van der Waals surface area contributed by atoms with Crippen molar-refractivity contribution in [3.05, 3.63) is 35.0 Å². The van der Waals surface area contributed by atoms with E-state index in [1.807, 2.05) is 6.92 Å². The van der Waals surface area contributed by atoms with Gasteiger partial charge >= 0.3 is 6.18 Å².